The Morgan fingerprint density at radius 3 is 2.74 bits per heavy atom. The maximum absolute atomic E-state index is 13.0. The molecule has 0 unspecified atom stereocenters. The summed E-state index contributed by atoms with van der Waals surface area (Å²) in [5.41, 5.74) is -2.02. The van der Waals surface area contributed by atoms with Gasteiger partial charge < -0.3 is 10.1 Å². The van der Waals surface area contributed by atoms with Crippen LogP contribution in [0.25, 0.3) is 0 Å². The molecule has 1 heterocycles. The summed E-state index contributed by atoms with van der Waals surface area (Å²) < 4.78 is 18.5. The zero-order valence-electron chi connectivity index (χ0n) is 12.5. The lowest BCUT2D eigenvalue weighted by Crippen LogP contribution is -2.33. The second-order valence-corrected chi connectivity index (χ2v) is 5.45. The molecule has 23 heavy (non-hydrogen) atoms. The Kier molecular flexibility index (Phi) is 5.67. The Balaban J connectivity index is 1.70. The summed E-state index contributed by atoms with van der Waals surface area (Å²) in [6.45, 7) is 0.0923. The Labute approximate surface area is 130 Å². The highest BCUT2D eigenvalue weighted by molar-refractivity contribution is 5.81. The van der Waals surface area contributed by atoms with Crippen LogP contribution in [0, 0.1) is 11.7 Å². The van der Waals surface area contributed by atoms with Crippen LogP contribution in [-0.2, 0) is 21.1 Å². The van der Waals surface area contributed by atoms with E-state index in [1.165, 1.54) is 6.42 Å². The first-order valence-corrected chi connectivity index (χ1v) is 7.37. The van der Waals surface area contributed by atoms with Crippen LogP contribution in [-0.4, -0.2) is 28.0 Å². The lowest BCUT2D eigenvalue weighted by atomic mass is 9.85. The minimum absolute atomic E-state index is 0.0135. The number of aromatic nitrogens is 2. The summed E-state index contributed by atoms with van der Waals surface area (Å²) in [4.78, 5) is 47.0. The molecular formula is C14H18FN3O5. The highest BCUT2D eigenvalue weighted by atomic mass is 19.1. The van der Waals surface area contributed by atoms with Crippen molar-refractivity contribution in [2.45, 2.75) is 38.8 Å². The molecule has 1 aliphatic carbocycles. The summed E-state index contributed by atoms with van der Waals surface area (Å²) in [5, 5.41) is 2.75. The second-order valence-electron chi connectivity index (χ2n) is 5.45. The number of esters is 1. The summed E-state index contributed by atoms with van der Waals surface area (Å²) >= 11 is 0. The van der Waals surface area contributed by atoms with Gasteiger partial charge in [-0.3, -0.25) is 23.9 Å². The Morgan fingerprint density at radius 1 is 1.35 bits per heavy atom. The summed E-state index contributed by atoms with van der Waals surface area (Å²) in [5.74, 6) is -1.55. The third kappa shape index (κ3) is 5.04. The highest BCUT2D eigenvalue weighted by Crippen LogP contribution is 2.25. The van der Waals surface area contributed by atoms with Gasteiger partial charge in [-0.2, -0.15) is 4.39 Å². The molecule has 1 aromatic rings. The lowest BCUT2D eigenvalue weighted by Gasteiger charge is -2.25. The monoisotopic (exact) mass is 327 g/mol. The molecule has 0 spiro atoms. The number of nitrogens with zero attached hydrogens (tertiary/aromatic N) is 1. The standard InChI is InChI=1S/C14H18FN3O5/c15-10-7-18(14(22)17-13(10)21)8-23-12(20)5-4-11(19)16-6-9-2-1-3-9/h7,9H,1-6,8H2,(H,16,19)(H,17,21,22). The van der Waals surface area contributed by atoms with Gasteiger partial charge >= 0.3 is 11.7 Å². The fraction of sp³-hybridized carbons (Fsp3) is 0.571. The van der Waals surface area contributed by atoms with Crippen LogP contribution in [0.2, 0.25) is 0 Å². The number of hydrogen-bond acceptors (Lipinski definition) is 5. The minimum Gasteiger partial charge on any atom is -0.444 e. The van der Waals surface area contributed by atoms with E-state index in [0.29, 0.717) is 23.2 Å². The van der Waals surface area contributed by atoms with Crippen molar-refractivity contribution >= 4 is 11.9 Å². The smallest absolute Gasteiger partial charge is 0.331 e. The Bertz CT molecular complexity index is 692. The van der Waals surface area contributed by atoms with E-state index in [2.05, 4.69) is 5.32 Å². The molecule has 0 radical (unpaired) electrons. The maximum atomic E-state index is 13.0. The van der Waals surface area contributed by atoms with Crippen molar-refractivity contribution in [3.8, 4) is 0 Å². The van der Waals surface area contributed by atoms with Crippen LogP contribution >= 0.6 is 0 Å². The van der Waals surface area contributed by atoms with Gasteiger partial charge in [-0.05, 0) is 18.8 Å². The molecule has 1 fully saturated rings. The topological polar surface area (TPSA) is 110 Å². The molecule has 1 saturated carbocycles. The zero-order chi connectivity index (χ0) is 16.8. The minimum atomic E-state index is -1.16. The van der Waals surface area contributed by atoms with E-state index in [9.17, 15) is 23.6 Å². The Hall–Kier alpha value is -2.45. The molecule has 0 aromatic carbocycles. The summed E-state index contributed by atoms with van der Waals surface area (Å²) in [7, 11) is 0. The second kappa shape index (κ2) is 7.70. The molecule has 1 aromatic heterocycles. The molecule has 0 saturated heterocycles. The van der Waals surface area contributed by atoms with Crippen molar-refractivity contribution in [1.29, 1.82) is 0 Å². The van der Waals surface area contributed by atoms with E-state index in [0.717, 1.165) is 12.8 Å². The lowest BCUT2D eigenvalue weighted by molar-refractivity contribution is -0.148. The molecule has 8 nitrogen and oxygen atoms in total. The van der Waals surface area contributed by atoms with Gasteiger partial charge in [0, 0.05) is 13.0 Å². The summed E-state index contributed by atoms with van der Waals surface area (Å²) in [6.07, 6.45) is 3.93. The van der Waals surface area contributed by atoms with Gasteiger partial charge in [0.15, 0.2) is 6.73 Å². The van der Waals surface area contributed by atoms with Crippen molar-refractivity contribution in [3.05, 3.63) is 32.9 Å². The summed E-state index contributed by atoms with van der Waals surface area (Å²) in [6, 6.07) is 0. The first-order valence-electron chi connectivity index (χ1n) is 7.37. The number of hydrogen-bond donors (Lipinski definition) is 2. The predicted molar refractivity (Wildman–Crippen MR) is 77.0 cm³/mol. The molecule has 1 amide bonds. The normalized spacial score (nSPS) is 14.1. The van der Waals surface area contributed by atoms with E-state index in [1.54, 1.807) is 4.98 Å². The SMILES string of the molecule is O=C(CCC(=O)OCn1cc(F)c(=O)[nH]c1=O)NCC1CCC1. The molecule has 9 heteroatoms. The van der Waals surface area contributed by atoms with Crippen LogP contribution in [0.3, 0.4) is 0 Å². The van der Waals surface area contributed by atoms with Gasteiger partial charge in [-0.1, -0.05) is 6.42 Å². The maximum Gasteiger partial charge on any atom is 0.331 e. The largest absolute Gasteiger partial charge is 0.444 e. The molecule has 1 aliphatic rings. The fourth-order valence-corrected chi connectivity index (χ4v) is 2.05. The van der Waals surface area contributed by atoms with E-state index in [1.807, 2.05) is 0 Å². The molecule has 0 atom stereocenters. The van der Waals surface area contributed by atoms with Gasteiger partial charge in [0.25, 0.3) is 5.56 Å². The van der Waals surface area contributed by atoms with Crippen molar-refractivity contribution in [3.63, 3.8) is 0 Å². The van der Waals surface area contributed by atoms with Crippen LogP contribution in [0.5, 0.6) is 0 Å². The average molecular weight is 327 g/mol. The molecule has 126 valence electrons. The van der Waals surface area contributed by atoms with Crippen LogP contribution in [0.1, 0.15) is 32.1 Å². The van der Waals surface area contributed by atoms with Crippen LogP contribution < -0.4 is 16.6 Å². The van der Waals surface area contributed by atoms with Gasteiger partial charge in [-0.25, -0.2) is 4.79 Å². The van der Waals surface area contributed by atoms with Crippen LogP contribution in [0.15, 0.2) is 15.8 Å². The van der Waals surface area contributed by atoms with Crippen LogP contribution in [0.4, 0.5) is 4.39 Å². The quantitative estimate of drug-likeness (QED) is 0.678. The fourth-order valence-electron chi connectivity index (χ4n) is 2.05. The molecular weight excluding hydrogens is 309 g/mol. The highest BCUT2D eigenvalue weighted by Gasteiger charge is 2.18. The third-order valence-electron chi connectivity index (χ3n) is 3.70. The molecule has 2 rings (SSSR count). The number of rotatable bonds is 7. The van der Waals surface area contributed by atoms with E-state index < -0.39 is 29.8 Å². The van der Waals surface area contributed by atoms with Gasteiger partial charge in [0.1, 0.15) is 0 Å². The number of carbonyl (C=O) groups excluding carboxylic acids is 2. The van der Waals surface area contributed by atoms with Gasteiger partial charge in [0.05, 0.1) is 12.6 Å². The number of carbonyl (C=O) groups is 2. The number of amides is 1. The van der Waals surface area contributed by atoms with Gasteiger partial charge in [0.2, 0.25) is 11.7 Å². The number of nitrogens with one attached hydrogen (secondary N) is 2. The van der Waals surface area contributed by atoms with Crippen molar-refractivity contribution in [2.24, 2.45) is 5.92 Å². The molecule has 0 bridgehead atoms. The number of halogens is 1. The van der Waals surface area contributed by atoms with E-state index >= 15 is 0 Å². The van der Waals surface area contributed by atoms with E-state index in [-0.39, 0.29) is 18.7 Å². The van der Waals surface area contributed by atoms with E-state index in [4.69, 9.17) is 4.74 Å². The first-order chi connectivity index (χ1) is 11.0. The van der Waals surface area contributed by atoms with Gasteiger partial charge in [-0.15, -0.1) is 0 Å². The van der Waals surface area contributed by atoms with Crippen molar-refractivity contribution in [2.75, 3.05) is 6.54 Å². The number of H-pyrrole nitrogens is 1. The third-order valence-corrected chi connectivity index (χ3v) is 3.70. The zero-order valence-corrected chi connectivity index (χ0v) is 12.5. The average Bonchev–Trinajstić information content (AvgIpc) is 2.46. The van der Waals surface area contributed by atoms with Crippen molar-refractivity contribution in [1.82, 2.24) is 14.9 Å². The molecule has 2 N–H and O–H groups in total. The Morgan fingerprint density at radius 2 is 2.09 bits per heavy atom. The number of aromatic amines is 1. The molecule has 0 aliphatic heterocycles. The van der Waals surface area contributed by atoms with Crippen molar-refractivity contribution < 1.29 is 18.7 Å². The predicted octanol–water partition coefficient (Wildman–Crippen LogP) is -0.127. The number of ether oxygens (including phenoxy) is 1. The first kappa shape index (κ1) is 16.9.